The van der Waals surface area contributed by atoms with E-state index >= 15 is 0 Å². The Morgan fingerprint density at radius 2 is 0.603 bits per heavy atom. The van der Waals surface area contributed by atoms with Gasteiger partial charge in [0.25, 0.3) is 0 Å². The Morgan fingerprint density at radius 1 is 0.333 bits per heavy atom. The molecule has 0 bridgehead atoms. The van der Waals surface area contributed by atoms with Gasteiger partial charge >= 0.3 is 0 Å². The zero-order valence-corrected chi connectivity index (χ0v) is 42.7. The minimum atomic E-state index is 0. The Labute approximate surface area is 402 Å². The van der Waals surface area contributed by atoms with Gasteiger partial charge in [0.05, 0.1) is 22.8 Å². The van der Waals surface area contributed by atoms with E-state index in [-0.39, 0.29) is 16.5 Å². The molecule has 2 rings (SSSR count). The second kappa shape index (κ2) is 44.6. The largest absolute Gasteiger partial charge is 0.251 e. The third kappa shape index (κ3) is 32.7. The van der Waals surface area contributed by atoms with Crippen molar-refractivity contribution in [1.29, 1.82) is 0 Å². The number of hydrogen-bond acceptors (Lipinski definition) is 2. The Bertz CT molecular complexity index is 1410. The van der Waals surface area contributed by atoms with Crippen molar-refractivity contribution in [2.24, 2.45) is 9.98 Å². The molecule has 0 fully saturated rings. The van der Waals surface area contributed by atoms with E-state index in [2.05, 4.69) is 99.9 Å². The molecule has 0 saturated heterocycles. The number of hydrogen-bond donors (Lipinski definition) is 0. The third-order valence-corrected chi connectivity index (χ3v) is 12.4. The molecule has 2 nitrogen and oxygen atoms in total. The zero-order chi connectivity index (χ0) is 44.2. The fourth-order valence-electron chi connectivity index (χ4n) is 8.37. The molecule has 2 aromatic carbocycles. The fourth-order valence-corrected chi connectivity index (χ4v) is 8.37. The summed E-state index contributed by atoms with van der Waals surface area (Å²) in [5.74, 6) is 13.9. The molecule has 0 unspecified atom stereocenters. The Kier molecular flexibility index (Phi) is 41.3. The van der Waals surface area contributed by atoms with Crippen LogP contribution in [0, 0.1) is 23.7 Å². The summed E-state index contributed by atoms with van der Waals surface area (Å²) in [4.78, 5) is 10.9. The van der Waals surface area contributed by atoms with Gasteiger partial charge in [-0.3, -0.25) is 9.98 Å². The van der Waals surface area contributed by atoms with Gasteiger partial charge in [0.2, 0.25) is 0 Å². The van der Waals surface area contributed by atoms with Crippen molar-refractivity contribution in [1.82, 2.24) is 0 Å². The summed E-state index contributed by atoms with van der Waals surface area (Å²) in [7, 11) is 0. The molecule has 0 spiro atoms. The first kappa shape index (κ1) is 58.4. The van der Waals surface area contributed by atoms with Gasteiger partial charge in [0, 0.05) is 42.2 Å². The Morgan fingerprint density at radius 3 is 0.921 bits per heavy atom. The summed E-state index contributed by atoms with van der Waals surface area (Å²) in [6.45, 7) is 9.16. The van der Waals surface area contributed by atoms with Crippen LogP contribution in [-0.2, 0) is 29.3 Å². The van der Waals surface area contributed by atoms with E-state index in [0.29, 0.717) is 0 Å². The van der Waals surface area contributed by atoms with Crippen LogP contribution in [0.5, 0.6) is 0 Å². The number of aryl methyl sites for hydroxylation is 2. The van der Waals surface area contributed by atoms with Crippen LogP contribution in [0.25, 0.3) is 0 Å². The van der Waals surface area contributed by atoms with Crippen LogP contribution >= 0.6 is 0 Å². The molecule has 0 heterocycles. The van der Waals surface area contributed by atoms with E-state index in [9.17, 15) is 0 Å². The average Bonchev–Trinajstić information content (AvgIpc) is 3.29. The first-order chi connectivity index (χ1) is 30.7. The maximum atomic E-state index is 5.45. The molecule has 356 valence electrons. The topological polar surface area (TPSA) is 24.7 Å². The summed E-state index contributed by atoms with van der Waals surface area (Å²) in [6.07, 6.45) is 48.1. The van der Waals surface area contributed by atoms with E-state index in [1.54, 1.807) is 0 Å². The van der Waals surface area contributed by atoms with Crippen molar-refractivity contribution in [2.75, 3.05) is 0 Å². The monoisotopic (exact) mass is 903 g/mol. The molecule has 0 amide bonds. The third-order valence-electron chi connectivity index (χ3n) is 12.4. The molecule has 0 saturated carbocycles. The summed E-state index contributed by atoms with van der Waals surface area (Å²) in [6, 6.07) is 17.6. The number of rotatable bonds is 39. The second-order valence-corrected chi connectivity index (χ2v) is 18.3. The first-order valence-electron chi connectivity index (χ1n) is 27.0. The van der Waals surface area contributed by atoms with Crippen molar-refractivity contribution in [3.8, 4) is 23.7 Å². The van der Waals surface area contributed by atoms with Gasteiger partial charge in [-0.05, 0) is 87.5 Å². The van der Waals surface area contributed by atoms with Crippen LogP contribution < -0.4 is 0 Å². The molecule has 3 heteroatoms. The number of nitrogens with zero attached hydrogens (tertiary/aromatic N) is 2. The van der Waals surface area contributed by atoms with Gasteiger partial charge in [-0.25, -0.2) is 0 Å². The van der Waals surface area contributed by atoms with Crippen LogP contribution in [-0.4, -0.2) is 11.4 Å². The molecular weight excluding hydrogens is 807 g/mol. The van der Waals surface area contributed by atoms with Gasteiger partial charge in [-0.1, -0.05) is 218 Å². The summed E-state index contributed by atoms with van der Waals surface area (Å²) in [5.41, 5.74) is 7.24. The van der Waals surface area contributed by atoms with Crippen molar-refractivity contribution >= 4 is 22.8 Å². The fraction of sp³-hybridized carbons (Fsp3) is 0.700. The molecule has 0 atom stereocenters. The van der Waals surface area contributed by atoms with E-state index in [1.165, 1.54) is 177 Å². The summed E-state index contributed by atoms with van der Waals surface area (Å²) in [5, 5.41) is 0. The number of unbranched alkanes of at least 4 members (excludes halogenated alkanes) is 28. The van der Waals surface area contributed by atoms with Crippen molar-refractivity contribution < 1.29 is 16.5 Å². The van der Waals surface area contributed by atoms with Crippen molar-refractivity contribution in [3.63, 3.8) is 0 Å². The summed E-state index contributed by atoms with van der Waals surface area (Å²) >= 11 is 0. The second-order valence-electron chi connectivity index (χ2n) is 18.3. The molecule has 0 aliphatic carbocycles. The molecule has 0 aliphatic rings. The van der Waals surface area contributed by atoms with E-state index in [1.807, 2.05) is 0 Å². The minimum Gasteiger partial charge on any atom is -0.251 e. The molecule has 0 radical (unpaired) electrons. The SMILES string of the molecule is CCCCCCCCCCCCCCC#CCCCc1ccccc1N=C(CCCC)C(CCCC)=Nc1ccccc1CCCC#CCCCCCCCCCCCCCC.[Ni]. The number of benzene rings is 2. The van der Waals surface area contributed by atoms with Crippen LogP contribution in [0.4, 0.5) is 11.4 Å². The number of aliphatic imine (C=N–C) groups is 2. The predicted molar refractivity (Wildman–Crippen MR) is 279 cm³/mol. The van der Waals surface area contributed by atoms with Crippen LogP contribution in [0.3, 0.4) is 0 Å². The Balaban J connectivity index is 0.0000198. The van der Waals surface area contributed by atoms with Crippen molar-refractivity contribution in [3.05, 3.63) is 59.7 Å². The van der Waals surface area contributed by atoms with Gasteiger partial charge < -0.3 is 0 Å². The number of para-hydroxylation sites is 2. The van der Waals surface area contributed by atoms with Crippen LogP contribution in [0.1, 0.15) is 270 Å². The van der Waals surface area contributed by atoms with E-state index in [4.69, 9.17) is 9.98 Å². The van der Waals surface area contributed by atoms with Gasteiger partial charge in [-0.15, -0.1) is 23.7 Å². The van der Waals surface area contributed by atoms with Gasteiger partial charge in [0.1, 0.15) is 0 Å². The van der Waals surface area contributed by atoms with Crippen molar-refractivity contribution in [2.45, 2.75) is 272 Å². The van der Waals surface area contributed by atoms with E-state index < -0.39 is 0 Å². The predicted octanol–water partition coefficient (Wildman–Crippen LogP) is 19.7. The maximum Gasteiger partial charge on any atom is 0.0665 e. The van der Waals surface area contributed by atoms with Gasteiger partial charge in [-0.2, -0.15) is 0 Å². The first-order valence-corrected chi connectivity index (χ1v) is 27.0. The molecule has 2 aromatic rings. The molecule has 63 heavy (non-hydrogen) atoms. The molecule has 0 aromatic heterocycles. The standard InChI is InChI=1S/C60H96N2.Ni/c1-5-9-13-15-17-19-21-23-25-27-29-31-33-35-37-39-41-47-55-49-43-45-53-57(55)61-59(51-11-7-3)60(52-12-8-4)62-58-54-46-44-50-56(58)48-42-40-38-36-34-32-30-28-26-24-22-20-18-16-14-10-6-2;/h43-46,49-50,53-54H,5-34,39-42,47-48,51-52H2,1-4H3;. The molecule has 0 N–H and O–H groups in total. The average molecular weight is 904 g/mol. The van der Waals surface area contributed by atoms with E-state index in [0.717, 1.165) is 101 Å². The van der Waals surface area contributed by atoms with Crippen LogP contribution in [0.2, 0.25) is 0 Å². The van der Waals surface area contributed by atoms with Gasteiger partial charge in [0.15, 0.2) is 0 Å². The molecule has 0 aliphatic heterocycles. The quantitative estimate of drug-likeness (QED) is 0.0276. The van der Waals surface area contributed by atoms with Crippen LogP contribution in [0.15, 0.2) is 58.5 Å². The smallest absolute Gasteiger partial charge is 0.0665 e. The Hall–Kier alpha value is -2.61. The normalized spacial score (nSPS) is 11.5. The molecular formula is C60H96N2Ni. The zero-order valence-electron chi connectivity index (χ0n) is 41.7. The minimum absolute atomic E-state index is 0. The summed E-state index contributed by atoms with van der Waals surface area (Å²) < 4.78 is 0. The maximum absolute atomic E-state index is 5.45.